The monoisotopic (exact) mass is 215 g/mol. The van der Waals surface area contributed by atoms with Crippen molar-refractivity contribution in [1.82, 2.24) is 0 Å². The first-order valence-corrected chi connectivity index (χ1v) is 6.80. The van der Waals surface area contributed by atoms with E-state index in [0.717, 1.165) is 49.5 Å². The molecule has 0 spiro atoms. The first-order chi connectivity index (χ1) is 6.56. The van der Waals surface area contributed by atoms with Crippen LogP contribution in [0.15, 0.2) is 0 Å². The SMILES string of the molecule is CC1CCC(O)(C2(N)CCSC2)CC1. The molecule has 0 aromatic rings. The standard InChI is InChI=1S/C11H21NOS/c1-9-2-4-11(13,5-3-9)10(12)6-7-14-8-10/h9,13H,2-8,12H2,1H3. The van der Waals surface area contributed by atoms with Crippen LogP contribution < -0.4 is 5.73 Å². The number of thioether (sulfide) groups is 1. The van der Waals surface area contributed by atoms with E-state index in [2.05, 4.69) is 6.92 Å². The minimum absolute atomic E-state index is 0.294. The van der Waals surface area contributed by atoms with Crippen LogP contribution in [0.5, 0.6) is 0 Å². The molecule has 0 radical (unpaired) electrons. The van der Waals surface area contributed by atoms with E-state index in [0.29, 0.717) is 0 Å². The maximum Gasteiger partial charge on any atom is 0.0834 e. The lowest BCUT2D eigenvalue weighted by molar-refractivity contribution is -0.0633. The smallest absolute Gasteiger partial charge is 0.0834 e. The molecule has 82 valence electrons. The Bertz CT molecular complexity index is 205. The van der Waals surface area contributed by atoms with Gasteiger partial charge in [-0.1, -0.05) is 6.92 Å². The van der Waals surface area contributed by atoms with Gasteiger partial charge in [0.1, 0.15) is 0 Å². The Balaban J connectivity index is 2.07. The molecule has 2 rings (SSSR count). The molecule has 2 aliphatic rings. The molecule has 0 bridgehead atoms. The minimum atomic E-state index is -0.566. The zero-order valence-corrected chi connectivity index (χ0v) is 9.78. The van der Waals surface area contributed by atoms with E-state index in [1.807, 2.05) is 11.8 Å². The Kier molecular flexibility index (Phi) is 2.84. The van der Waals surface area contributed by atoms with Gasteiger partial charge in [-0.2, -0.15) is 11.8 Å². The summed E-state index contributed by atoms with van der Waals surface area (Å²) in [6, 6.07) is 0. The van der Waals surface area contributed by atoms with E-state index in [-0.39, 0.29) is 5.54 Å². The first-order valence-electron chi connectivity index (χ1n) is 5.65. The second-order valence-corrected chi connectivity index (χ2v) is 6.28. The molecular formula is C11H21NOS. The Morgan fingerprint density at radius 2 is 1.93 bits per heavy atom. The first kappa shape index (κ1) is 10.8. The zero-order chi connectivity index (χ0) is 10.2. The van der Waals surface area contributed by atoms with Crippen LogP contribution in [-0.2, 0) is 0 Å². The Hall–Kier alpha value is 0.270. The maximum atomic E-state index is 10.6. The third-order valence-electron chi connectivity index (χ3n) is 4.08. The summed E-state index contributed by atoms with van der Waals surface area (Å²) in [5.41, 5.74) is 5.48. The van der Waals surface area contributed by atoms with Crippen LogP contribution in [0, 0.1) is 5.92 Å². The number of aliphatic hydroxyl groups is 1. The minimum Gasteiger partial charge on any atom is -0.388 e. The number of hydrogen-bond acceptors (Lipinski definition) is 3. The van der Waals surface area contributed by atoms with Crippen LogP contribution in [0.1, 0.15) is 39.0 Å². The van der Waals surface area contributed by atoms with Crippen molar-refractivity contribution in [2.45, 2.75) is 50.2 Å². The van der Waals surface area contributed by atoms with Gasteiger partial charge < -0.3 is 10.8 Å². The molecule has 0 aromatic heterocycles. The highest BCUT2D eigenvalue weighted by Gasteiger charge is 2.50. The van der Waals surface area contributed by atoms with E-state index in [4.69, 9.17) is 5.73 Å². The van der Waals surface area contributed by atoms with Crippen LogP contribution in [0.4, 0.5) is 0 Å². The third kappa shape index (κ3) is 1.70. The van der Waals surface area contributed by atoms with E-state index in [1.54, 1.807) is 0 Å². The van der Waals surface area contributed by atoms with Gasteiger partial charge in [-0.25, -0.2) is 0 Å². The molecule has 1 aliphatic carbocycles. The Morgan fingerprint density at radius 1 is 1.29 bits per heavy atom. The highest BCUT2D eigenvalue weighted by Crippen LogP contribution is 2.44. The van der Waals surface area contributed by atoms with Gasteiger partial charge in [-0.15, -0.1) is 0 Å². The van der Waals surface area contributed by atoms with Crippen LogP contribution in [0.3, 0.4) is 0 Å². The molecule has 1 atom stereocenters. The molecule has 0 amide bonds. The summed E-state index contributed by atoms with van der Waals surface area (Å²) in [6.45, 7) is 2.27. The van der Waals surface area contributed by atoms with Crippen molar-refractivity contribution in [3.05, 3.63) is 0 Å². The van der Waals surface area contributed by atoms with Gasteiger partial charge in [0, 0.05) is 5.75 Å². The van der Waals surface area contributed by atoms with Crippen molar-refractivity contribution >= 4 is 11.8 Å². The van der Waals surface area contributed by atoms with Crippen molar-refractivity contribution in [2.24, 2.45) is 11.7 Å². The van der Waals surface area contributed by atoms with Gasteiger partial charge in [-0.05, 0) is 43.8 Å². The average molecular weight is 215 g/mol. The number of rotatable bonds is 1. The van der Waals surface area contributed by atoms with Gasteiger partial charge in [0.2, 0.25) is 0 Å². The molecule has 1 unspecified atom stereocenters. The lowest BCUT2D eigenvalue weighted by atomic mass is 9.68. The van der Waals surface area contributed by atoms with Gasteiger partial charge in [-0.3, -0.25) is 0 Å². The molecule has 1 heterocycles. The van der Waals surface area contributed by atoms with Gasteiger partial charge in [0.05, 0.1) is 11.1 Å². The van der Waals surface area contributed by atoms with E-state index in [9.17, 15) is 5.11 Å². The largest absolute Gasteiger partial charge is 0.388 e. The number of hydrogen-bond donors (Lipinski definition) is 2. The quantitative estimate of drug-likeness (QED) is 0.700. The Labute approximate surface area is 90.6 Å². The van der Waals surface area contributed by atoms with Crippen LogP contribution in [-0.4, -0.2) is 27.8 Å². The van der Waals surface area contributed by atoms with Crippen LogP contribution >= 0.6 is 11.8 Å². The van der Waals surface area contributed by atoms with Crippen molar-refractivity contribution in [3.8, 4) is 0 Å². The van der Waals surface area contributed by atoms with E-state index in [1.165, 1.54) is 0 Å². The molecule has 0 aromatic carbocycles. The summed E-state index contributed by atoms with van der Waals surface area (Å²) in [5, 5.41) is 10.6. The molecule has 1 saturated carbocycles. The molecular weight excluding hydrogens is 194 g/mol. The van der Waals surface area contributed by atoms with Crippen LogP contribution in [0.25, 0.3) is 0 Å². The van der Waals surface area contributed by atoms with Crippen molar-refractivity contribution in [2.75, 3.05) is 11.5 Å². The zero-order valence-electron chi connectivity index (χ0n) is 8.96. The molecule has 1 saturated heterocycles. The highest BCUT2D eigenvalue weighted by atomic mass is 32.2. The second-order valence-electron chi connectivity index (χ2n) is 5.17. The number of nitrogens with two attached hydrogens (primary N) is 1. The van der Waals surface area contributed by atoms with Gasteiger partial charge in [0.25, 0.3) is 0 Å². The third-order valence-corrected chi connectivity index (χ3v) is 5.29. The fraction of sp³-hybridized carbons (Fsp3) is 1.00. The summed E-state index contributed by atoms with van der Waals surface area (Å²) in [7, 11) is 0. The van der Waals surface area contributed by atoms with Crippen molar-refractivity contribution < 1.29 is 5.11 Å². The summed E-state index contributed by atoms with van der Waals surface area (Å²) < 4.78 is 0. The highest BCUT2D eigenvalue weighted by molar-refractivity contribution is 7.99. The Morgan fingerprint density at radius 3 is 2.43 bits per heavy atom. The van der Waals surface area contributed by atoms with Gasteiger partial charge >= 0.3 is 0 Å². The predicted octanol–water partition coefficient (Wildman–Crippen LogP) is 1.76. The molecule has 14 heavy (non-hydrogen) atoms. The maximum absolute atomic E-state index is 10.6. The molecule has 2 nitrogen and oxygen atoms in total. The van der Waals surface area contributed by atoms with Crippen molar-refractivity contribution in [3.63, 3.8) is 0 Å². The molecule has 1 aliphatic heterocycles. The molecule has 3 heteroatoms. The van der Waals surface area contributed by atoms with Crippen molar-refractivity contribution in [1.29, 1.82) is 0 Å². The van der Waals surface area contributed by atoms with E-state index >= 15 is 0 Å². The summed E-state index contributed by atoms with van der Waals surface area (Å²) in [4.78, 5) is 0. The topological polar surface area (TPSA) is 46.2 Å². The lowest BCUT2D eigenvalue weighted by Gasteiger charge is -2.46. The summed E-state index contributed by atoms with van der Waals surface area (Å²) in [6.07, 6.45) is 5.08. The summed E-state index contributed by atoms with van der Waals surface area (Å²) >= 11 is 1.89. The normalized spacial score (nSPS) is 49.5. The molecule has 2 fully saturated rings. The summed E-state index contributed by atoms with van der Waals surface area (Å²) in [5.74, 6) is 2.83. The van der Waals surface area contributed by atoms with Gasteiger partial charge in [0.15, 0.2) is 0 Å². The van der Waals surface area contributed by atoms with E-state index < -0.39 is 5.60 Å². The lowest BCUT2D eigenvalue weighted by Crippen LogP contribution is -2.62. The fourth-order valence-corrected chi connectivity index (χ4v) is 4.12. The molecule has 3 N–H and O–H groups in total. The van der Waals surface area contributed by atoms with Crippen LogP contribution in [0.2, 0.25) is 0 Å². The predicted molar refractivity (Wildman–Crippen MR) is 61.4 cm³/mol. The second kappa shape index (κ2) is 3.69. The fourth-order valence-electron chi connectivity index (χ4n) is 2.69. The average Bonchev–Trinajstić information content (AvgIpc) is 2.60.